The molecule has 2 amide bonds. The molecule has 118 valence electrons. The van der Waals surface area contributed by atoms with Crippen LogP contribution in [0.25, 0.3) is 0 Å². The van der Waals surface area contributed by atoms with Crippen molar-refractivity contribution in [2.45, 2.75) is 38.2 Å². The van der Waals surface area contributed by atoms with Crippen LogP contribution in [0.1, 0.15) is 30.0 Å². The van der Waals surface area contributed by atoms with E-state index in [0.29, 0.717) is 19.6 Å². The first kappa shape index (κ1) is 15.0. The number of rotatable bonds is 3. The molecule has 5 nitrogen and oxygen atoms in total. The first-order chi connectivity index (χ1) is 10.5. The molecule has 1 aliphatic heterocycles. The average molecular weight is 302 g/mol. The van der Waals surface area contributed by atoms with Crippen LogP contribution in [0.2, 0.25) is 0 Å². The minimum atomic E-state index is -1.08. The molecule has 0 spiro atoms. The number of carbonyl (C=O) groups is 2. The zero-order valence-corrected chi connectivity index (χ0v) is 12.9. The van der Waals surface area contributed by atoms with Crippen molar-refractivity contribution in [3.8, 4) is 0 Å². The van der Waals surface area contributed by atoms with E-state index < -0.39 is 11.5 Å². The predicted molar refractivity (Wildman–Crippen MR) is 82.3 cm³/mol. The predicted octanol–water partition coefficient (Wildman–Crippen LogP) is 0.821. The fourth-order valence-corrected chi connectivity index (χ4v) is 3.25. The number of primary amides is 1. The van der Waals surface area contributed by atoms with Gasteiger partial charge in [-0.1, -0.05) is 18.2 Å². The summed E-state index contributed by atoms with van der Waals surface area (Å²) in [4.78, 5) is 25.7. The molecule has 1 saturated heterocycles. The molecule has 1 aromatic rings. The van der Waals surface area contributed by atoms with Crippen molar-refractivity contribution >= 4 is 11.8 Å². The van der Waals surface area contributed by atoms with E-state index in [1.54, 1.807) is 11.8 Å². The van der Waals surface area contributed by atoms with Gasteiger partial charge in [0.25, 0.3) is 5.91 Å². The topological polar surface area (TPSA) is 72.6 Å². The van der Waals surface area contributed by atoms with Gasteiger partial charge in [0.15, 0.2) is 5.60 Å². The number of aryl methyl sites for hydroxylation is 2. The number of carbonyl (C=O) groups excluding carboxylic acids is 2. The van der Waals surface area contributed by atoms with E-state index in [-0.39, 0.29) is 12.5 Å². The molecule has 5 heteroatoms. The van der Waals surface area contributed by atoms with Crippen molar-refractivity contribution in [3.63, 3.8) is 0 Å². The number of hydrogen-bond acceptors (Lipinski definition) is 3. The largest absolute Gasteiger partial charge is 0.367 e. The number of nitrogens with zero attached hydrogens (tertiary/aromatic N) is 1. The van der Waals surface area contributed by atoms with Crippen LogP contribution in [0.5, 0.6) is 0 Å². The quantitative estimate of drug-likeness (QED) is 0.898. The van der Waals surface area contributed by atoms with E-state index in [9.17, 15) is 9.59 Å². The summed E-state index contributed by atoms with van der Waals surface area (Å²) in [6, 6.07) is 6.32. The van der Waals surface area contributed by atoms with Gasteiger partial charge in [-0.25, -0.2) is 0 Å². The number of amides is 2. The lowest BCUT2D eigenvalue weighted by Gasteiger charge is -2.38. The highest BCUT2D eigenvalue weighted by atomic mass is 16.5. The van der Waals surface area contributed by atoms with Crippen LogP contribution in [-0.4, -0.2) is 42.0 Å². The van der Waals surface area contributed by atoms with Gasteiger partial charge in [-0.15, -0.1) is 0 Å². The van der Waals surface area contributed by atoms with Crippen molar-refractivity contribution in [2.75, 3.05) is 19.7 Å². The number of fused-ring (bicyclic) bond motifs is 1. The lowest BCUT2D eigenvalue weighted by molar-refractivity contribution is -0.160. The molecule has 1 unspecified atom stereocenters. The average Bonchev–Trinajstić information content (AvgIpc) is 2.94. The molecule has 0 saturated carbocycles. The Morgan fingerprint density at radius 3 is 2.86 bits per heavy atom. The Hall–Kier alpha value is -1.88. The second kappa shape index (κ2) is 5.72. The first-order valence-corrected chi connectivity index (χ1v) is 7.80. The molecule has 0 aromatic heterocycles. The fraction of sp³-hybridized carbons (Fsp3) is 0.529. The van der Waals surface area contributed by atoms with E-state index in [0.717, 1.165) is 18.4 Å². The van der Waals surface area contributed by atoms with E-state index in [4.69, 9.17) is 10.5 Å². The minimum absolute atomic E-state index is 0.0220. The second-order valence-corrected chi connectivity index (χ2v) is 6.39. The van der Waals surface area contributed by atoms with Gasteiger partial charge in [-0.2, -0.15) is 0 Å². The molecule has 1 heterocycles. The van der Waals surface area contributed by atoms with Crippen LogP contribution in [-0.2, 0) is 33.6 Å². The first-order valence-electron chi connectivity index (χ1n) is 7.80. The zero-order valence-electron chi connectivity index (χ0n) is 12.9. The maximum atomic E-state index is 12.5. The Morgan fingerprint density at radius 1 is 1.32 bits per heavy atom. The minimum Gasteiger partial charge on any atom is -0.367 e. The summed E-state index contributed by atoms with van der Waals surface area (Å²) in [7, 11) is 0. The van der Waals surface area contributed by atoms with E-state index in [1.165, 1.54) is 17.5 Å². The summed E-state index contributed by atoms with van der Waals surface area (Å²) in [6.45, 7) is 2.72. The maximum absolute atomic E-state index is 12.5. The third-order valence-corrected chi connectivity index (χ3v) is 4.67. The fourth-order valence-electron chi connectivity index (χ4n) is 3.25. The highest BCUT2D eigenvalue weighted by Gasteiger charge is 2.39. The summed E-state index contributed by atoms with van der Waals surface area (Å²) >= 11 is 0. The van der Waals surface area contributed by atoms with Crippen LogP contribution < -0.4 is 5.73 Å². The van der Waals surface area contributed by atoms with Gasteiger partial charge in [0.2, 0.25) is 5.91 Å². The number of ether oxygens (including phenoxy) is 1. The Kier molecular flexibility index (Phi) is 3.91. The van der Waals surface area contributed by atoms with Crippen molar-refractivity contribution in [1.82, 2.24) is 4.90 Å². The summed E-state index contributed by atoms with van der Waals surface area (Å²) in [5.74, 6) is -0.503. The van der Waals surface area contributed by atoms with Gasteiger partial charge in [0, 0.05) is 6.54 Å². The molecule has 1 aliphatic carbocycles. The van der Waals surface area contributed by atoms with Crippen LogP contribution in [0, 0.1) is 0 Å². The smallest absolute Gasteiger partial charge is 0.251 e. The SMILES string of the molecule is CC1(C(N)=O)CN(C(=O)Cc2ccc3c(c2)CCC3)CCO1. The lowest BCUT2D eigenvalue weighted by atomic mass is 10.0. The van der Waals surface area contributed by atoms with E-state index in [2.05, 4.69) is 12.1 Å². The lowest BCUT2D eigenvalue weighted by Crippen LogP contribution is -2.58. The number of morpholine rings is 1. The van der Waals surface area contributed by atoms with Gasteiger partial charge < -0.3 is 15.4 Å². The Bertz CT molecular complexity index is 614. The molecular weight excluding hydrogens is 280 g/mol. The summed E-state index contributed by atoms with van der Waals surface area (Å²) in [5, 5.41) is 0. The Balaban J connectivity index is 1.68. The molecule has 0 radical (unpaired) electrons. The van der Waals surface area contributed by atoms with Crippen LogP contribution in [0.4, 0.5) is 0 Å². The third-order valence-electron chi connectivity index (χ3n) is 4.67. The Morgan fingerprint density at radius 2 is 2.09 bits per heavy atom. The number of nitrogens with two attached hydrogens (primary N) is 1. The summed E-state index contributed by atoms with van der Waals surface area (Å²) in [5.41, 5.74) is 8.11. The monoisotopic (exact) mass is 302 g/mol. The van der Waals surface area contributed by atoms with Gasteiger partial charge in [-0.3, -0.25) is 9.59 Å². The summed E-state index contributed by atoms with van der Waals surface area (Å²) < 4.78 is 5.45. The normalized spacial score (nSPS) is 24.1. The van der Waals surface area contributed by atoms with E-state index in [1.807, 2.05) is 6.07 Å². The standard InChI is InChI=1S/C17H22N2O3/c1-17(16(18)21)11-19(7-8-22-17)15(20)10-12-5-6-13-3-2-4-14(13)9-12/h5-6,9H,2-4,7-8,10-11H2,1H3,(H2,18,21). The van der Waals surface area contributed by atoms with Gasteiger partial charge >= 0.3 is 0 Å². The van der Waals surface area contributed by atoms with Gasteiger partial charge in [0.1, 0.15) is 0 Å². The number of benzene rings is 1. The van der Waals surface area contributed by atoms with E-state index >= 15 is 0 Å². The molecule has 2 N–H and O–H groups in total. The molecule has 2 aliphatic rings. The molecule has 1 atom stereocenters. The van der Waals surface area contributed by atoms with Crippen LogP contribution in [0.3, 0.4) is 0 Å². The third kappa shape index (κ3) is 2.86. The van der Waals surface area contributed by atoms with Crippen LogP contribution >= 0.6 is 0 Å². The highest BCUT2D eigenvalue weighted by Crippen LogP contribution is 2.24. The second-order valence-electron chi connectivity index (χ2n) is 6.39. The molecule has 22 heavy (non-hydrogen) atoms. The highest BCUT2D eigenvalue weighted by molar-refractivity contribution is 5.85. The van der Waals surface area contributed by atoms with Crippen molar-refractivity contribution in [3.05, 3.63) is 34.9 Å². The van der Waals surface area contributed by atoms with Gasteiger partial charge in [-0.05, 0) is 42.9 Å². The summed E-state index contributed by atoms with van der Waals surface area (Å²) in [6.07, 6.45) is 3.81. The molecular formula is C17H22N2O3. The van der Waals surface area contributed by atoms with Crippen LogP contribution in [0.15, 0.2) is 18.2 Å². The van der Waals surface area contributed by atoms with Crippen molar-refractivity contribution in [2.24, 2.45) is 5.73 Å². The molecule has 3 rings (SSSR count). The Labute approximate surface area is 130 Å². The van der Waals surface area contributed by atoms with Crippen molar-refractivity contribution < 1.29 is 14.3 Å². The van der Waals surface area contributed by atoms with Crippen molar-refractivity contribution in [1.29, 1.82) is 0 Å². The number of hydrogen-bond donors (Lipinski definition) is 1. The molecule has 0 bridgehead atoms. The maximum Gasteiger partial charge on any atom is 0.251 e. The molecule has 1 fully saturated rings. The molecule has 1 aromatic carbocycles. The zero-order chi connectivity index (χ0) is 15.7. The van der Waals surface area contributed by atoms with Gasteiger partial charge in [0.05, 0.1) is 19.6 Å².